The van der Waals surface area contributed by atoms with Crippen LogP contribution >= 0.6 is 0 Å². The number of nitrogens with zero attached hydrogens (tertiary/aromatic N) is 1. The van der Waals surface area contributed by atoms with Gasteiger partial charge in [-0.3, -0.25) is 4.79 Å². The van der Waals surface area contributed by atoms with E-state index in [1.807, 2.05) is 18.5 Å². The molecule has 0 aliphatic rings. The summed E-state index contributed by atoms with van der Waals surface area (Å²) in [5.74, 6) is -0.328. The molecule has 4 heteroatoms. The van der Waals surface area contributed by atoms with Gasteiger partial charge in [0.05, 0.1) is 6.61 Å². The summed E-state index contributed by atoms with van der Waals surface area (Å²) in [7, 11) is 0. The van der Waals surface area contributed by atoms with Crippen molar-refractivity contribution < 1.29 is 9.53 Å². The van der Waals surface area contributed by atoms with Crippen LogP contribution in [0.4, 0.5) is 0 Å². The lowest BCUT2D eigenvalue weighted by Gasteiger charge is -2.08. The lowest BCUT2D eigenvalue weighted by molar-refractivity contribution is -0.144. The Labute approximate surface area is 96.4 Å². The maximum absolute atomic E-state index is 11.3. The molecule has 0 spiro atoms. The standard InChI is InChI=1S/C12H20N2O2/c1-3-6-14-7-5-10(9-14)8-11(13)12(15)16-4-2/h5,7,9,11H,3-4,6,8,13H2,1-2H3. The quantitative estimate of drug-likeness (QED) is 0.742. The molecule has 0 aromatic carbocycles. The third-order valence-corrected chi connectivity index (χ3v) is 2.34. The van der Waals surface area contributed by atoms with Gasteiger partial charge in [-0.05, 0) is 31.4 Å². The Morgan fingerprint density at radius 3 is 2.94 bits per heavy atom. The van der Waals surface area contributed by atoms with Crippen molar-refractivity contribution in [3.63, 3.8) is 0 Å². The molecule has 1 aromatic heterocycles. The normalized spacial score (nSPS) is 12.4. The fourth-order valence-corrected chi connectivity index (χ4v) is 1.60. The molecule has 2 N–H and O–H groups in total. The van der Waals surface area contributed by atoms with Crippen molar-refractivity contribution in [1.82, 2.24) is 4.57 Å². The van der Waals surface area contributed by atoms with Crippen molar-refractivity contribution in [3.05, 3.63) is 24.0 Å². The molecule has 90 valence electrons. The highest BCUT2D eigenvalue weighted by Gasteiger charge is 2.15. The van der Waals surface area contributed by atoms with Crippen molar-refractivity contribution in [2.75, 3.05) is 6.61 Å². The molecule has 0 saturated carbocycles. The van der Waals surface area contributed by atoms with E-state index in [-0.39, 0.29) is 5.97 Å². The molecular formula is C12H20N2O2. The lowest BCUT2D eigenvalue weighted by atomic mass is 10.1. The molecule has 0 aliphatic carbocycles. The van der Waals surface area contributed by atoms with Crippen LogP contribution in [-0.2, 0) is 22.5 Å². The first kappa shape index (κ1) is 12.8. The predicted octanol–water partition coefficient (Wildman–Crippen LogP) is 1.33. The summed E-state index contributed by atoms with van der Waals surface area (Å²) < 4.78 is 6.96. The monoisotopic (exact) mass is 224 g/mol. The topological polar surface area (TPSA) is 57.2 Å². The zero-order chi connectivity index (χ0) is 12.0. The molecule has 1 heterocycles. The van der Waals surface area contributed by atoms with E-state index in [2.05, 4.69) is 11.5 Å². The van der Waals surface area contributed by atoms with Crippen molar-refractivity contribution >= 4 is 5.97 Å². The van der Waals surface area contributed by atoms with E-state index >= 15 is 0 Å². The predicted molar refractivity (Wildman–Crippen MR) is 63.0 cm³/mol. The van der Waals surface area contributed by atoms with Crippen LogP contribution in [0, 0.1) is 0 Å². The number of carbonyl (C=O) groups excluding carboxylic acids is 1. The van der Waals surface area contributed by atoms with Crippen LogP contribution in [0.5, 0.6) is 0 Å². The zero-order valence-electron chi connectivity index (χ0n) is 9.98. The van der Waals surface area contributed by atoms with Gasteiger partial charge in [0.2, 0.25) is 0 Å². The lowest BCUT2D eigenvalue weighted by Crippen LogP contribution is -2.34. The van der Waals surface area contributed by atoms with Gasteiger partial charge in [-0.2, -0.15) is 0 Å². The number of carbonyl (C=O) groups is 1. The molecule has 0 aliphatic heterocycles. The maximum atomic E-state index is 11.3. The van der Waals surface area contributed by atoms with Gasteiger partial charge in [-0.1, -0.05) is 6.92 Å². The van der Waals surface area contributed by atoms with Gasteiger partial charge in [-0.15, -0.1) is 0 Å². The molecule has 0 amide bonds. The largest absolute Gasteiger partial charge is 0.465 e. The molecule has 16 heavy (non-hydrogen) atoms. The fourth-order valence-electron chi connectivity index (χ4n) is 1.60. The Hall–Kier alpha value is -1.29. The smallest absolute Gasteiger partial charge is 0.323 e. The number of nitrogens with two attached hydrogens (primary N) is 1. The Morgan fingerprint density at radius 1 is 1.56 bits per heavy atom. The second-order valence-corrected chi connectivity index (χ2v) is 3.82. The highest BCUT2D eigenvalue weighted by Crippen LogP contribution is 2.05. The van der Waals surface area contributed by atoms with E-state index < -0.39 is 6.04 Å². The molecule has 1 rings (SSSR count). The first-order valence-corrected chi connectivity index (χ1v) is 5.74. The average molecular weight is 224 g/mol. The number of esters is 1. The zero-order valence-corrected chi connectivity index (χ0v) is 9.98. The van der Waals surface area contributed by atoms with Gasteiger partial charge in [0, 0.05) is 18.9 Å². The van der Waals surface area contributed by atoms with E-state index in [1.54, 1.807) is 6.92 Å². The van der Waals surface area contributed by atoms with Gasteiger partial charge in [0.15, 0.2) is 0 Å². The van der Waals surface area contributed by atoms with Gasteiger partial charge in [-0.25, -0.2) is 0 Å². The first-order chi connectivity index (χ1) is 7.67. The van der Waals surface area contributed by atoms with Crippen LogP contribution in [0.3, 0.4) is 0 Å². The number of rotatable bonds is 6. The van der Waals surface area contributed by atoms with Gasteiger partial charge in [0.25, 0.3) is 0 Å². The van der Waals surface area contributed by atoms with Crippen molar-refractivity contribution in [2.24, 2.45) is 5.73 Å². The molecule has 0 saturated heterocycles. The van der Waals surface area contributed by atoms with Crippen LogP contribution in [0.2, 0.25) is 0 Å². The minimum Gasteiger partial charge on any atom is -0.465 e. The summed E-state index contributed by atoms with van der Waals surface area (Å²) in [6.45, 7) is 5.28. The van der Waals surface area contributed by atoms with E-state index in [1.165, 1.54) is 0 Å². The molecule has 1 unspecified atom stereocenters. The molecule has 1 atom stereocenters. The van der Waals surface area contributed by atoms with E-state index in [0.29, 0.717) is 13.0 Å². The SMILES string of the molecule is CCCn1ccc(CC(N)C(=O)OCC)c1. The van der Waals surface area contributed by atoms with E-state index in [0.717, 1.165) is 18.5 Å². The van der Waals surface area contributed by atoms with Crippen molar-refractivity contribution in [2.45, 2.75) is 39.3 Å². The highest BCUT2D eigenvalue weighted by atomic mass is 16.5. The van der Waals surface area contributed by atoms with E-state index in [9.17, 15) is 4.79 Å². The summed E-state index contributed by atoms with van der Waals surface area (Å²) in [6, 6.07) is 1.44. The van der Waals surface area contributed by atoms with Gasteiger partial charge < -0.3 is 15.0 Å². The minimum atomic E-state index is -0.558. The summed E-state index contributed by atoms with van der Waals surface area (Å²) in [4.78, 5) is 11.3. The molecule has 4 nitrogen and oxygen atoms in total. The number of hydrogen-bond acceptors (Lipinski definition) is 3. The molecule has 0 radical (unpaired) electrons. The Kier molecular flexibility index (Phi) is 5.05. The average Bonchev–Trinajstić information content (AvgIpc) is 2.66. The van der Waals surface area contributed by atoms with Gasteiger partial charge >= 0.3 is 5.97 Å². The van der Waals surface area contributed by atoms with Gasteiger partial charge in [0.1, 0.15) is 6.04 Å². The van der Waals surface area contributed by atoms with Crippen LogP contribution in [0.25, 0.3) is 0 Å². The Morgan fingerprint density at radius 2 is 2.31 bits per heavy atom. The van der Waals surface area contributed by atoms with Crippen LogP contribution in [0.1, 0.15) is 25.8 Å². The second-order valence-electron chi connectivity index (χ2n) is 3.82. The van der Waals surface area contributed by atoms with Crippen LogP contribution < -0.4 is 5.73 Å². The number of ether oxygens (including phenoxy) is 1. The molecular weight excluding hydrogens is 204 g/mol. The summed E-state index contributed by atoms with van der Waals surface area (Å²) in [5.41, 5.74) is 6.81. The maximum Gasteiger partial charge on any atom is 0.323 e. The molecule has 1 aromatic rings. The number of hydrogen-bond donors (Lipinski definition) is 1. The van der Waals surface area contributed by atoms with Crippen LogP contribution in [-0.4, -0.2) is 23.2 Å². The van der Waals surface area contributed by atoms with Crippen molar-refractivity contribution in [1.29, 1.82) is 0 Å². The van der Waals surface area contributed by atoms with Crippen LogP contribution in [0.15, 0.2) is 18.5 Å². The third-order valence-electron chi connectivity index (χ3n) is 2.34. The summed E-state index contributed by atoms with van der Waals surface area (Å²) in [6.07, 6.45) is 5.67. The van der Waals surface area contributed by atoms with E-state index in [4.69, 9.17) is 10.5 Å². The Balaban J connectivity index is 2.48. The summed E-state index contributed by atoms with van der Waals surface area (Å²) in [5, 5.41) is 0. The fraction of sp³-hybridized carbons (Fsp3) is 0.583. The Bertz CT molecular complexity index is 334. The molecule has 0 fully saturated rings. The summed E-state index contributed by atoms with van der Waals surface area (Å²) >= 11 is 0. The number of aryl methyl sites for hydroxylation is 1. The number of aromatic nitrogens is 1. The third kappa shape index (κ3) is 3.70. The second kappa shape index (κ2) is 6.33. The first-order valence-electron chi connectivity index (χ1n) is 5.74. The van der Waals surface area contributed by atoms with Crippen molar-refractivity contribution in [3.8, 4) is 0 Å². The highest BCUT2D eigenvalue weighted by molar-refractivity contribution is 5.75. The minimum absolute atomic E-state index is 0.328. The molecule has 0 bridgehead atoms.